The number of nitrogens with one attached hydrogen (secondary N) is 1. The molecule has 1 aromatic heterocycles. The lowest BCUT2D eigenvalue weighted by Gasteiger charge is -2.14. The molecule has 0 aliphatic heterocycles. The van der Waals surface area contributed by atoms with E-state index in [-0.39, 0.29) is 5.69 Å². The summed E-state index contributed by atoms with van der Waals surface area (Å²) >= 11 is 5.76. The average molecular weight is 354 g/mol. The number of rotatable bonds is 4. The molecule has 0 atom stereocenters. The number of carbonyl (C=O) groups excluding carboxylic acids is 1. The fraction of sp³-hybridized carbons (Fsp3) is 0.154. The molecule has 8 nitrogen and oxygen atoms in total. The lowest BCUT2D eigenvalue weighted by atomic mass is 10.3. The van der Waals surface area contributed by atoms with E-state index in [0.717, 1.165) is 10.5 Å². The highest BCUT2D eigenvalue weighted by molar-refractivity contribution is 7.87. The summed E-state index contributed by atoms with van der Waals surface area (Å²) in [5.41, 5.74) is 0.228. The molecule has 1 N–H and O–H groups in total. The number of nitriles is 1. The molecule has 0 fully saturated rings. The molecule has 0 saturated carbocycles. The van der Waals surface area contributed by atoms with Crippen molar-refractivity contribution in [1.29, 1.82) is 5.26 Å². The Bertz CT molecular complexity index is 881. The van der Waals surface area contributed by atoms with Crippen molar-refractivity contribution in [1.82, 2.24) is 13.3 Å². The predicted octanol–water partition coefficient (Wildman–Crippen LogP) is 1.31. The van der Waals surface area contributed by atoms with Gasteiger partial charge in [-0.2, -0.15) is 18.0 Å². The normalized spacial score (nSPS) is 11.3. The Hall–Kier alpha value is -2.41. The van der Waals surface area contributed by atoms with E-state index in [0.29, 0.717) is 14.7 Å². The smallest absolute Gasteiger partial charge is 0.308 e. The van der Waals surface area contributed by atoms with Crippen LogP contribution in [-0.4, -0.2) is 41.7 Å². The van der Waals surface area contributed by atoms with Gasteiger partial charge < -0.3 is 5.32 Å². The monoisotopic (exact) mass is 353 g/mol. The first-order valence-corrected chi connectivity index (χ1v) is 8.02. The van der Waals surface area contributed by atoms with Crippen LogP contribution in [0.3, 0.4) is 0 Å². The first kappa shape index (κ1) is 17.0. The Kier molecular flexibility index (Phi) is 4.70. The van der Waals surface area contributed by atoms with Gasteiger partial charge in [-0.3, -0.25) is 4.79 Å². The number of nitrogens with zero attached hydrogens (tertiary/aromatic N) is 4. The maximum atomic E-state index is 12.3. The van der Waals surface area contributed by atoms with E-state index < -0.39 is 21.9 Å². The second-order valence-corrected chi connectivity index (χ2v) is 7.06. The Morgan fingerprint density at radius 1 is 1.35 bits per heavy atom. The molecular weight excluding hydrogens is 342 g/mol. The summed E-state index contributed by atoms with van der Waals surface area (Å²) in [7, 11) is -1.37. The maximum Gasteiger partial charge on any atom is 0.308 e. The van der Waals surface area contributed by atoms with Crippen molar-refractivity contribution in [3.05, 3.63) is 47.0 Å². The molecule has 1 aromatic carbocycles. The molecule has 0 saturated heterocycles. The van der Waals surface area contributed by atoms with Crippen LogP contribution in [0.4, 0.5) is 5.69 Å². The SMILES string of the molecule is CN(C)S(=O)(=O)n1cc(C#N)nc1C(=O)Nc1ccc(Cl)cc1. The topological polar surface area (TPSA) is 108 Å². The third-order valence-corrected chi connectivity index (χ3v) is 4.75. The standard InChI is InChI=1S/C13H12ClN5O3S/c1-18(2)23(21,22)19-8-11(7-15)16-12(19)13(20)17-10-5-3-9(14)4-6-10/h3-6,8H,1-2H3,(H,17,20). The fourth-order valence-electron chi connectivity index (χ4n) is 1.64. The van der Waals surface area contributed by atoms with Gasteiger partial charge in [-0.05, 0) is 24.3 Å². The van der Waals surface area contributed by atoms with Crippen molar-refractivity contribution in [2.75, 3.05) is 19.4 Å². The molecule has 0 spiro atoms. The van der Waals surface area contributed by atoms with Crippen molar-refractivity contribution in [2.24, 2.45) is 0 Å². The zero-order chi connectivity index (χ0) is 17.2. The van der Waals surface area contributed by atoms with E-state index in [2.05, 4.69) is 10.3 Å². The van der Waals surface area contributed by atoms with E-state index in [1.54, 1.807) is 30.3 Å². The molecule has 2 aromatic rings. The summed E-state index contributed by atoms with van der Waals surface area (Å²) in [4.78, 5) is 16.0. The molecule has 0 aliphatic carbocycles. The first-order valence-electron chi connectivity index (χ1n) is 6.25. The molecule has 10 heteroatoms. The summed E-state index contributed by atoms with van der Waals surface area (Å²) in [6.07, 6.45) is 0.992. The molecule has 1 amide bonds. The number of benzene rings is 1. The molecule has 0 bridgehead atoms. The Balaban J connectivity index is 2.42. The molecular formula is C13H12ClN5O3S. The summed E-state index contributed by atoms with van der Waals surface area (Å²) in [5, 5.41) is 11.9. The molecule has 0 radical (unpaired) electrons. The number of carbonyl (C=O) groups is 1. The van der Waals surface area contributed by atoms with Gasteiger partial charge in [0.15, 0.2) is 5.69 Å². The average Bonchev–Trinajstić information content (AvgIpc) is 2.94. The van der Waals surface area contributed by atoms with Crippen LogP contribution in [0.2, 0.25) is 5.02 Å². The number of halogens is 1. The van der Waals surface area contributed by atoms with Gasteiger partial charge in [0.2, 0.25) is 5.82 Å². The Morgan fingerprint density at radius 3 is 2.48 bits per heavy atom. The zero-order valence-corrected chi connectivity index (χ0v) is 13.8. The van der Waals surface area contributed by atoms with Crippen molar-refractivity contribution < 1.29 is 13.2 Å². The molecule has 23 heavy (non-hydrogen) atoms. The zero-order valence-electron chi connectivity index (χ0n) is 12.2. The number of hydrogen-bond acceptors (Lipinski definition) is 5. The quantitative estimate of drug-likeness (QED) is 0.891. The second kappa shape index (κ2) is 6.37. The van der Waals surface area contributed by atoms with Crippen LogP contribution in [0.5, 0.6) is 0 Å². The van der Waals surface area contributed by atoms with Gasteiger partial charge in [0, 0.05) is 24.8 Å². The molecule has 2 rings (SSSR count). The predicted molar refractivity (Wildman–Crippen MR) is 84.4 cm³/mol. The van der Waals surface area contributed by atoms with Crippen LogP contribution in [0, 0.1) is 11.3 Å². The third kappa shape index (κ3) is 3.50. The third-order valence-electron chi connectivity index (χ3n) is 2.80. The molecule has 1 heterocycles. The van der Waals surface area contributed by atoms with Crippen molar-refractivity contribution in [3.63, 3.8) is 0 Å². The van der Waals surface area contributed by atoms with E-state index in [1.165, 1.54) is 14.1 Å². The van der Waals surface area contributed by atoms with Crippen LogP contribution in [0.25, 0.3) is 0 Å². The lowest BCUT2D eigenvalue weighted by molar-refractivity contribution is 0.101. The summed E-state index contributed by atoms with van der Waals surface area (Å²) < 4.78 is 26.0. The van der Waals surface area contributed by atoms with E-state index in [9.17, 15) is 13.2 Å². The van der Waals surface area contributed by atoms with Crippen molar-refractivity contribution in [3.8, 4) is 6.07 Å². The highest BCUT2D eigenvalue weighted by Gasteiger charge is 2.26. The van der Waals surface area contributed by atoms with Crippen LogP contribution >= 0.6 is 11.6 Å². The summed E-state index contributed by atoms with van der Waals surface area (Å²) in [5.74, 6) is -1.18. The van der Waals surface area contributed by atoms with Gasteiger partial charge in [-0.15, -0.1) is 0 Å². The number of aromatic nitrogens is 2. The van der Waals surface area contributed by atoms with E-state index in [1.807, 2.05) is 0 Å². The highest BCUT2D eigenvalue weighted by Crippen LogP contribution is 2.15. The minimum atomic E-state index is -3.99. The Morgan fingerprint density at radius 2 is 1.96 bits per heavy atom. The number of hydrogen-bond donors (Lipinski definition) is 1. The van der Waals surface area contributed by atoms with Gasteiger partial charge in [-0.1, -0.05) is 11.6 Å². The van der Waals surface area contributed by atoms with Crippen LogP contribution in [0.15, 0.2) is 30.5 Å². The van der Waals surface area contributed by atoms with Crippen molar-refractivity contribution >= 4 is 33.4 Å². The number of imidazole rings is 1. The minimum absolute atomic E-state index is 0.184. The number of anilines is 1. The summed E-state index contributed by atoms with van der Waals surface area (Å²) in [6, 6.07) is 7.96. The van der Waals surface area contributed by atoms with Gasteiger partial charge in [0.1, 0.15) is 6.07 Å². The van der Waals surface area contributed by atoms with Crippen LogP contribution in [0.1, 0.15) is 16.3 Å². The van der Waals surface area contributed by atoms with Gasteiger partial charge >= 0.3 is 10.2 Å². The maximum absolute atomic E-state index is 12.3. The van der Waals surface area contributed by atoms with E-state index >= 15 is 0 Å². The lowest BCUT2D eigenvalue weighted by Crippen LogP contribution is -2.32. The van der Waals surface area contributed by atoms with Gasteiger partial charge in [0.25, 0.3) is 5.91 Å². The highest BCUT2D eigenvalue weighted by atomic mass is 35.5. The largest absolute Gasteiger partial charge is 0.319 e. The second-order valence-electron chi connectivity index (χ2n) is 4.61. The van der Waals surface area contributed by atoms with Crippen LogP contribution < -0.4 is 5.32 Å². The van der Waals surface area contributed by atoms with Gasteiger partial charge in [0.05, 0.1) is 6.20 Å². The van der Waals surface area contributed by atoms with Crippen molar-refractivity contribution in [2.45, 2.75) is 0 Å². The fourth-order valence-corrected chi connectivity index (χ4v) is 2.69. The van der Waals surface area contributed by atoms with E-state index in [4.69, 9.17) is 16.9 Å². The Labute approximate surface area is 138 Å². The van der Waals surface area contributed by atoms with Crippen LogP contribution in [-0.2, 0) is 10.2 Å². The van der Waals surface area contributed by atoms with Gasteiger partial charge in [-0.25, -0.2) is 8.96 Å². The molecule has 0 unspecified atom stereocenters. The molecule has 120 valence electrons. The molecule has 0 aliphatic rings. The summed E-state index contributed by atoms with van der Waals surface area (Å²) in [6.45, 7) is 0. The number of amides is 1. The first-order chi connectivity index (χ1) is 10.8. The minimum Gasteiger partial charge on any atom is -0.319 e.